The highest BCUT2D eigenvalue weighted by Crippen LogP contribution is 2.36. The number of anilines is 1. The van der Waals surface area contributed by atoms with Crippen LogP contribution in [-0.2, 0) is 11.3 Å². The van der Waals surface area contributed by atoms with Gasteiger partial charge in [0.2, 0.25) is 5.91 Å². The molecular formula is C24H18BrN3O4. The lowest BCUT2D eigenvalue weighted by atomic mass is 10.1. The number of methoxy groups -OCH3 is 1. The van der Waals surface area contributed by atoms with E-state index in [1.165, 1.54) is 10.9 Å². The lowest BCUT2D eigenvalue weighted by Crippen LogP contribution is -2.23. The molecule has 0 radical (unpaired) electrons. The van der Waals surface area contributed by atoms with E-state index in [0.717, 1.165) is 20.8 Å². The maximum absolute atomic E-state index is 12.7. The third-order valence-corrected chi connectivity index (χ3v) is 5.83. The molecule has 0 spiro atoms. The standard InChI is InChI=1S/C24H18BrN3O4/c1-31-22-11-16-15-4-2-3-5-20(15)32-21(16)12-19(22)27-23(29)8-9-28-13-26-18-7-6-14(25)10-17(18)24(28)30/h2-7,10-13H,8-9H2,1H3,(H,27,29). The first-order valence-electron chi connectivity index (χ1n) is 9.97. The minimum atomic E-state index is -0.250. The van der Waals surface area contributed by atoms with Crippen LogP contribution in [0.2, 0.25) is 0 Å². The van der Waals surface area contributed by atoms with Gasteiger partial charge < -0.3 is 14.5 Å². The Kier molecular flexibility index (Phi) is 5.14. The van der Waals surface area contributed by atoms with Crippen molar-refractivity contribution >= 4 is 60.4 Å². The van der Waals surface area contributed by atoms with Crippen molar-refractivity contribution in [1.29, 1.82) is 0 Å². The van der Waals surface area contributed by atoms with Crippen molar-refractivity contribution in [2.45, 2.75) is 13.0 Å². The number of rotatable bonds is 5. The Balaban J connectivity index is 1.38. The van der Waals surface area contributed by atoms with Crippen LogP contribution in [0.5, 0.6) is 5.75 Å². The number of furan rings is 1. The average molecular weight is 492 g/mol. The molecule has 0 aliphatic carbocycles. The van der Waals surface area contributed by atoms with Crippen molar-refractivity contribution in [2.24, 2.45) is 0 Å². The minimum Gasteiger partial charge on any atom is -0.495 e. The van der Waals surface area contributed by atoms with E-state index in [0.29, 0.717) is 27.9 Å². The van der Waals surface area contributed by atoms with Gasteiger partial charge in [-0.2, -0.15) is 0 Å². The SMILES string of the molecule is COc1cc2c(cc1NC(=O)CCn1cnc3ccc(Br)cc3c1=O)oc1ccccc12. The largest absolute Gasteiger partial charge is 0.495 e. The van der Waals surface area contributed by atoms with Crippen LogP contribution in [-0.4, -0.2) is 22.6 Å². The minimum absolute atomic E-state index is 0.0996. The molecule has 32 heavy (non-hydrogen) atoms. The summed E-state index contributed by atoms with van der Waals surface area (Å²) in [5.74, 6) is 0.284. The zero-order valence-electron chi connectivity index (χ0n) is 17.1. The topological polar surface area (TPSA) is 86.4 Å². The quantitative estimate of drug-likeness (QED) is 0.369. The summed E-state index contributed by atoms with van der Waals surface area (Å²) >= 11 is 3.37. The molecular weight excluding hydrogens is 474 g/mol. The molecule has 0 aliphatic heterocycles. The van der Waals surface area contributed by atoms with Gasteiger partial charge in [0, 0.05) is 34.3 Å². The summed E-state index contributed by atoms with van der Waals surface area (Å²) < 4.78 is 13.6. The Labute approximate surface area is 190 Å². The average Bonchev–Trinajstić information content (AvgIpc) is 3.15. The van der Waals surface area contributed by atoms with Gasteiger partial charge in [-0.15, -0.1) is 0 Å². The van der Waals surface area contributed by atoms with Crippen LogP contribution < -0.4 is 15.6 Å². The maximum Gasteiger partial charge on any atom is 0.261 e. The number of carbonyl (C=O) groups excluding carboxylic acids is 1. The lowest BCUT2D eigenvalue weighted by Gasteiger charge is -2.11. The van der Waals surface area contributed by atoms with Crippen LogP contribution >= 0.6 is 15.9 Å². The molecule has 160 valence electrons. The van der Waals surface area contributed by atoms with Gasteiger partial charge in [-0.05, 0) is 30.3 Å². The third kappa shape index (κ3) is 3.62. The molecule has 5 rings (SSSR count). The van der Waals surface area contributed by atoms with Crippen molar-refractivity contribution in [2.75, 3.05) is 12.4 Å². The van der Waals surface area contributed by atoms with Gasteiger partial charge in [-0.25, -0.2) is 4.98 Å². The predicted octanol–water partition coefficient (Wildman–Crippen LogP) is 5.10. The number of hydrogen-bond acceptors (Lipinski definition) is 5. The van der Waals surface area contributed by atoms with Gasteiger partial charge in [-0.1, -0.05) is 34.1 Å². The monoisotopic (exact) mass is 491 g/mol. The number of para-hydroxylation sites is 1. The number of carbonyl (C=O) groups is 1. The number of ether oxygens (including phenoxy) is 1. The summed E-state index contributed by atoms with van der Waals surface area (Å²) in [6.07, 6.45) is 1.56. The second kappa shape index (κ2) is 8.12. The molecule has 0 saturated carbocycles. The van der Waals surface area contributed by atoms with Crippen LogP contribution in [0.15, 0.2) is 74.6 Å². The fourth-order valence-electron chi connectivity index (χ4n) is 3.74. The zero-order chi connectivity index (χ0) is 22.2. The number of nitrogens with one attached hydrogen (secondary N) is 1. The highest BCUT2D eigenvalue weighted by atomic mass is 79.9. The molecule has 0 unspecified atom stereocenters. The molecule has 0 fully saturated rings. The van der Waals surface area contributed by atoms with Gasteiger partial charge in [0.25, 0.3) is 5.56 Å². The van der Waals surface area contributed by atoms with Crippen molar-refractivity contribution in [3.8, 4) is 5.75 Å². The first-order valence-corrected chi connectivity index (χ1v) is 10.8. The molecule has 7 nitrogen and oxygen atoms in total. The molecule has 0 bridgehead atoms. The summed E-state index contributed by atoms with van der Waals surface area (Å²) in [7, 11) is 1.55. The molecule has 0 atom stereocenters. The normalized spacial score (nSPS) is 11.3. The molecule has 0 aliphatic rings. The van der Waals surface area contributed by atoms with E-state index >= 15 is 0 Å². The molecule has 2 heterocycles. The lowest BCUT2D eigenvalue weighted by molar-refractivity contribution is -0.116. The fourth-order valence-corrected chi connectivity index (χ4v) is 4.10. The van der Waals surface area contributed by atoms with Gasteiger partial charge >= 0.3 is 0 Å². The number of amides is 1. The number of hydrogen-bond donors (Lipinski definition) is 1. The predicted molar refractivity (Wildman–Crippen MR) is 127 cm³/mol. The molecule has 1 amide bonds. The number of aromatic nitrogens is 2. The second-order valence-electron chi connectivity index (χ2n) is 7.35. The number of nitrogens with zero attached hydrogens (tertiary/aromatic N) is 2. The summed E-state index contributed by atoms with van der Waals surface area (Å²) in [4.78, 5) is 29.7. The van der Waals surface area contributed by atoms with Crippen molar-refractivity contribution in [3.63, 3.8) is 0 Å². The molecule has 2 aromatic heterocycles. The Morgan fingerprint density at radius 1 is 1.09 bits per heavy atom. The van der Waals surface area contributed by atoms with Gasteiger partial charge in [0.1, 0.15) is 16.9 Å². The number of benzene rings is 3. The smallest absolute Gasteiger partial charge is 0.261 e. The molecule has 8 heteroatoms. The Morgan fingerprint density at radius 3 is 2.78 bits per heavy atom. The van der Waals surface area contributed by atoms with E-state index in [1.54, 1.807) is 25.3 Å². The molecule has 0 saturated heterocycles. The van der Waals surface area contributed by atoms with Crippen LogP contribution in [0.3, 0.4) is 0 Å². The summed E-state index contributed by atoms with van der Waals surface area (Å²) in [6, 6.07) is 16.7. The van der Waals surface area contributed by atoms with E-state index in [1.807, 2.05) is 36.4 Å². The summed E-state index contributed by atoms with van der Waals surface area (Å²) in [5.41, 5.74) is 2.36. The van der Waals surface area contributed by atoms with Crippen molar-refractivity contribution in [1.82, 2.24) is 9.55 Å². The Morgan fingerprint density at radius 2 is 1.94 bits per heavy atom. The highest BCUT2D eigenvalue weighted by Gasteiger charge is 2.14. The van der Waals surface area contributed by atoms with Crippen LogP contribution in [0.25, 0.3) is 32.8 Å². The van der Waals surface area contributed by atoms with Gasteiger partial charge in [0.05, 0.1) is 30.0 Å². The molecule has 5 aromatic rings. The van der Waals surface area contributed by atoms with Gasteiger partial charge in [-0.3, -0.25) is 14.2 Å². The molecule has 3 aromatic carbocycles. The fraction of sp³-hybridized carbons (Fsp3) is 0.125. The maximum atomic E-state index is 12.7. The second-order valence-corrected chi connectivity index (χ2v) is 8.27. The Hall–Kier alpha value is -3.65. The van der Waals surface area contributed by atoms with Crippen molar-refractivity contribution < 1.29 is 13.9 Å². The Bertz CT molecular complexity index is 1550. The summed E-state index contributed by atoms with van der Waals surface area (Å²) in [5, 5.41) is 5.26. The number of aryl methyl sites for hydroxylation is 1. The van der Waals surface area contributed by atoms with E-state index in [-0.39, 0.29) is 24.4 Å². The molecule has 1 N–H and O–H groups in total. The van der Waals surface area contributed by atoms with Gasteiger partial charge in [0.15, 0.2) is 0 Å². The third-order valence-electron chi connectivity index (χ3n) is 5.34. The van der Waals surface area contributed by atoms with E-state index in [4.69, 9.17) is 9.15 Å². The van der Waals surface area contributed by atoms with Crippen molar-refractivity contribution in [3.05, 3.63) is 75.8 Å². The first kappa shape index (κ1) is 20.3. The van der Waals surface area contributed by atoms with E-state index < -0.39 is 0 Å². The van der Waals surface area contributed by atoms with Crippen LogP contribution in [0, 0.1) is 0 Å². The highest BCUT2D eigenvalue weighted by molar-refractivity contribution is 9.10. The van der Waals surface area contributed by atoms with E-state index in [2.05, 4.69) is 26.2 Å². The number of halogens is 1. The summed E-state index contributed by atoms with van der Waals surface area (Å²) in [6.45, 7) is 0.204. The number of fused-ring (bicyclic) bond motifs is 4. The van der Waals surface area contributed by atoms with Crippen LogP contribution in [0.4, 0.5) is 5.69 Å². The van der Waals surface area contributed by atoms with Crippen LogP contribution in [0.1, 0.15) is 6.42 Å². The zero-order valence-corrected chi connectivity index (χ0v) is 18.7. The van der Waals surface area contributed by atoms with E-state index in [9.17, 15) is 9.59 Å². The first-order chi connectivity index (χ1) is 15.5.